The van der Waals surface area contributed by atoms with Gasteiger partial charge in [-0.3, -0.25) is 24.1 Å². The Morgan fingerprint density at radius 3 is 2.03 bits per heavy atom. The number of carbonyl (C=O) groups excluding carboxylic acids is 4. The van der Waals surface area contributed by atoms with Crippen LogP contribution in [0.3, 0.4) is 0 Å². The number of methoxy groups -OCH3 is 1. The van der Waals surface area contributed by atoms with Gasteiger partial charge in [0.15, 0.2) is 0 Å². The van der Waals surface area contributed by atoms with Gasteiger partial charge in [-0.25, -0.2) is 0 Å². The van der Waals surface area contributed by atoms with E-state index in [9.17, 15) is 19.2 Å². The number of fused-ring (bicyclic) bond motifs is 1. The predicted molar refractivity (Wildman–Crippen MR) is 135 cm³/mol. The summed E-state index contributed by atoms with van der Waals surface area (Å²) in [4.78, 5) is 52.0. The molecule has 4 rings (SSSR count). The number of hydrogen-bond donors (Lipinski definition) is 2. The van der Waals surface area contributed by atoms with Crippen LogP contribution in [0.25, 0.3) is 0 Å². The molecule has 0 bridgehead atoms. The molecule has 0 spiro atoms. The van der Waals surface area contributed by atoms with Crippen molar-refractivity contribution < 1.29 is 23.9 Å². The summed E-state index contributed by atoms with van der Waals surface area (Å²) < 4.78 is 5.36. The molecular formula is C28H27N3O5. The number of nitrogens with zero attached hydrogens (tertiary/aromatic N) is 1. The van der Waals surface area contributed by atoms with Crippen molar-refractivity contribution in [3.05, 3.63) is 94.5 Å². The van der Waals surface area contributed by atoms with Crippen LogP contribution in [0.5, 0.6) is 5.75 Å². The van der Waals surface area contributed by atoms with Crippen LogP contribution in [0.4, 0.5) is 5.69 Å². The van der Waals surface area contributed by atoms with E-state index in [0.29, 0.717) is 33.7 Å². The van der Waals surface area contributed by atoms with Gasteiger partial charge in [-0.05, 0) is 74.9 Å². The van der Waals surface area contributed by atoms with E-state index in [1.54, 1.807) is 66.7 Å². The lowest BCUT2D eigenvalue weighted by molar-refractivity contribution is 0.0641. The topological polar surface area (TPSA) is 105 Å². The zero-order chi connectivity index (χ0) is 26.0. The molecule has 0 aromatic heterocycles. The smallest absolute Gasteiger partial charge is 0.261 e. The Morgan fingerprint density at radius 2 is 1.47 bits per heavy atom. The number of hydrogen-bond acceptors (Lipinski definition) is 5. The standard InChI is InChI=1S/C28H27N3O5/c1-28(2,3)30-24(32)18-10-12-19(13-11-18)29-25(33)22-15-17(9-14-23(22)36-4)16-31-26(34)20-7-5-6-8-21(20)27(31)35/h5-15H,16H2,1-4H3,(H,29,33)(H,30,32). The van der Waals surface area contributed by atoms with E-state index in [1.807, 2.05) is 20.8 Å². The molecule has 1 heterocycles. The molecule has 2 N–H and O–H groups in total. The molecule has 0 aliphatic carbocycles. The average molecular weight is 486 g/mol. The van der Waals surface area contributed by atoms with E-state index in [1.165, 1.54) is 7.11 Å². The summed E-state index contributed by atoms with van der Waals surface area (Å²) in [6.07, 6.45) is 0. The second kappa shape index (κ2) is 9.65. The van der Waals surface area contributed by atoms with Crippen LogP contribution in [0.1, 0.15) is 67.8 Å². The third-order valence-electron chi connectivity index (χ3n) is 5.62. The van der Waals surface area contributed by atoms with Gasteiger partial charge in [0.2, 0.25) is 0 Å². The van der Waals surface area contributed by atoms with Crippen LogP contribution in [-0.4, -0.2) is 41.2 Å². The van der Waals surface area contributed by atoms with Crippen molar-refractivity contribution in [1.29, 1.82) is 0 Å². The van der Waals surface area contributed by atoms with Gasteiger partial charge in [0.25, 0.3) is 23.6 Å². The molecule has 0 unspecified atom stereocenters. The number of ether oxygens (including phenoxy) is 1. The predicted octanol–water partition coefficient (Wildman–Crippen LogP) is 4.27. The number of carbonyl (C=O) groups is 4. The fourth-order valence-corrected chi connectivity index (χ4v) is 3.91. The van der Waals surface area contributed by atoms with Crippen LogP contribution < -0.4 is 15.4 Å². The second-order valence-electron chi connectivity index (χ2n) is 9.51. The molecule has 1 aliphatic heterocycles. The number of imide groups is 1. The summed E-state index contributed by atoms with van der Waals surface area (Å²) in [6.45, 7) is 5.72. The minimum atomic E-state index is -0.428. The third-order valence-corrected chi connectivity index (χ3v) is 5.62. The lowest BCUT2D eigenvalue weighted by atomic mass is 10.1. The first kappa shape index (κ1) is 24.7. The molecular weight excluding hydrogens is 458 g/mol. The summed E-state index contributed by atoms with van der Waals surface area (Å²) in [5.74, 6) is -1.02. The fourth-order valence-electron chi connectivity index (χ4n) is 3.91. The van der Waals surface area contributed by atoms with Crippen molar-refractivity contribution in [2.45, 2.75) is 32.9 Å². The molecule has 184 valence electrons. The van der Waals surface area contributed by atoms with Crippen LogP contribution in [-0.2, 0) is 6.54 Å². The molecule has 0 radical (unpaired) electrons. The fraction of sp³-hybridized carbons (Fsp3) is 0.214. The SMILES string of the molecule is COc1ccc(CN2C(=O)c3ccccc3C2=O)cc1C(=O)Nc1ccc(C(=O)NC(C)(C)C)cc1. The Kier molecular flexibility index (Phi) is 6.61. The number of anilines is 1. The van der Waals surface area contributed by atoms with Gasteiger partial charge >= 0.3 is 0 Å². The molecule has 0 atom stereocenters. The van der Waals surface area contributed by atoms with Gasteiger partial charge < -0.3 is 15.4 Å². The quantitative estimate of drug-likeness (QED) is 0.508. The van der Waals surface area contributed by atoms with Crippen LogP contribution >= 0.6 is 0 Å². The van der Waals surface area contributed by atoms with E-state index >= 15 is 0 Å². The Hall–Kier alpha value is -4.46. The third kappa shape index (κ3) is 5.12. The highest BCUT2D eigenvalue weighted by Crippen LogP contribution is 2.27. The maximum absolute atomic E-state index is 13.1. The van der Waals surface area contributed by atoms with Crippen LogP contribution in [0, 0.1) is 0 Å². The van der Waals surface area contributed by atoms with Crippen molar-refractivity contribution in [3.8, 4) is 5.75 Å². The molecule has 3 aromatic rings. The van der Waals surface area contributed by atoms with Crippen molar-refractivity contribution >= 4 is 29.3 Å². The van der Waals surface area contributed by atoms with Crippen molar-refractivity contribution in [1.82, 2.24) is 10.2 Å². The van der Waals surface area contributed by atoms with Gasteiger partial charge in [-0.2, -0.15) is 0 Å². The van der Waals surface area contributed by atoms with Crippen LogP contribution in [0.2, 0.25) is 0 Å². The largest absolute Gasteiger partial charge is 0.496 e. The molecule has 8 nitrogen and oxygen atoms in total. The minimum absolute atomic E-state index is 0.0220. The van der Waals surface area contributed by atoms with E-state index in [4.69, 9.17) is 4.74 Å². The first-order valence-corrected chi connectivity index (χ1v) is 11.4. The number of amides is 4. The molecule has 4 amide bonds. The van der Waals surface area contributed by atoms with Gasteiger partial charge in [0.1, 0.15) is 5.75 Å². The minimum Gasteiger partial charge on any atom is -0.496 e. The average Bonchev–Trinajstić information content (AvgIpc) is 3.08. The zero-order valence-electron chi connectivity index (χ0n) is 20.5. The first-order valence-electron chi connectivity index (χ1n) is 11.4. The molecule has 0 fully saturated rings. The first-order chi connectivity index (χ1) is 17.1. The van der Waals surface area contributed by atoms with E-state index < -0.39 is 5.91 Å². The van der Waals surface area contributed by atoms with Gasteiger partial charge in [-0.15, -0.1) is 0 Å². The van der Waals surface area contributed by atoms with Crippen molar-refractivity contribution in [2.24, 2.45) is 0 Å². The summed E-state index contributed by atoms with van der Waals surface area (Å²) in [6, 6.07) is 18.2. The normalized spacial score (nSPS) is 12.8. The molecule has 1 aliphatic rings. The van der Waals surface area contributed by atoms with Crippen molar-refractivity contribution in [3.63, 3.8) is 0 Å². The number of benzene rings is 3. The van der Waals surface area contributed by atoms with E-state index in [-0.39, 0.29) is 35.4 Å². The van der Waals surface area contributed by atoms with Gasteiger partial charge in [0.05, 0.1) is 30.3 Å². The zero-order valence-corrected chi connectivity index (χ0v) is 20.5. The van der Waals surface area contributed by atoms with Gasteiger partial charge in [0, 0.05) is 16.8 Å². The Balaban J connectivity index is 1.50. The van der Waals surface area contributed by atoms with Gasteiger partial charge in [-0.1, -0.05) is 18.2 Å². The van der Waals surface area contributed by atoms with E-state index in [2.05, 4.69) is 10.6 Å². The van der Waals surface area contributed by atoms with Crippen molar-refractivity contribution in [2.75, 3.05) is 12.4 Å². The monoisotopic (exact) mass is 485 g/mol. The molecule has 0 saturated heterocycles. The summed E-state index contributed by atoms with van der Waals surface area (Å²) >= 11 is 0. The Morgan fingerprint density at radius 1 is 0.861 bits per heavy atom. The lowest BCUT2D eigenvalue weighted by Gasteiger charge is -2.20. The molecule has 3 aromatic carbocycles. The number of nitrogens with one attached hydrogen (secondary N) is 2. The van der Waals surface area contributed by atoms with Crippen LogP contribution in [0.15, 0.2) is 66.7 Å². The molecule has 8 heteroatoms. The second-order valence-corrected chi connectivity index (χ2v) is 9.51. The number of rotatable bonds is 6. The highest BCUT2D eigenvalue weighted by Gasteiger charge is 2.35. The highest BCUT2D eigenvalue weighted by molar-refractivity contribution is 6.21. The molecule has 0 saturated carbocycles. The summed E-state index contributed by atoms with van der Waals surface area (Å²) in [5.41, 5.74) is 2.20. The maximum Gasteiger partial charge on any atom is 0.261 e. The Labute approximate surface area is 209 Å². The highest BCUT2D eigenvalue weighted by atomic mass is 16.5. The molecule has 36 heavy (non-hydrogen) atoms. The summed E-state index contributed by atoms with van der Waals surface area (Å²) in [7, 11) is 1.46. The summed E-state index contributed by atoms with van der Waals surface area (Å²) in [5, 5.41) is 5.69. The maximum atomic E-state index is 13.1. The van der Waals surface area contributed by atoms with E-state index in [0.717, 1.165) is 4.90 Å². The lowest BCUT2D eigenvalue weighted by Crippen LogP contribution is -2.40. The Bertz CT molecular complexity index is 1320.